The van der Waals surface area contributed by atoms with Gasteiger partial charge in [0.15, 0.2) is 0 Å². The summed E-state index contributed by atoms with van der Waals surface area (Å²) < 4.78 is 0.833. The molecule has 0 saturated carbocycles. The summed E-state index contributed by atoms with van der Waals surface area (Å²) >= 11 is 3.27. The lowest BCUT2D eigenvalue weighted by molar-refractivity contribution is 0.102. The van der Waals surface area contributed by atoms with Crippen LogP contribution in [0.1, 0.15) is 16.1 Å². The van der Waals surface area contributed by atoms with Crippen molar-refractivity contribution >= 4 is 33.2 Å². The van der Waals surface area contributed by atoms with E-state index in [4.69, 9.17) is 5.73 Å². The molecule has 1 amide bonds. The largest absolute Gasteiger partial charge is 0.399 e. The van der Waals surface area contributed by atoms with Crippen molar-refractivity contribution in [3.05, 3.63) is 52.3 Å². The molecule has 0 unspecified atom stereocenters. The van der Waals surface area contributed by atoms with Gasteiger partial charge in [-0.05, 0) is 52.7 Å². The number of nitrogens with two attached hydrogens (primary N) is 1. The molecule has 0 aliphatic heterocycles. The van der Waals surface area contributed by atoms with E-state index >= 15 is 0 Å². The minimum absolute atomic E-state index is 0.254. The average Bonchev–Trinajstić information content (AvgIpc) is 2.34. The van der Waals surface area contributed by atoms with Gasteiger partial charge in [0, 0.05) is 22.0 Å². The highest BCUT2D eigenvalue weighted by Gasteiger charge is 2.09. The summed E-state index contributed by atoms with van der Waals surface area (Å²) in [6.45, 7) is 1.91. The Morgan fingerprint density at radius 1 is 1.33 bits per heavy atom. The van der Waals surface area contributed by atoms with Crippen molar-refractivity contribution in [3.63, 3.8) is 0 Å². The van der Waals surface area contributed by atoms with E-state index in [9.17, 15) is 4.79 Å². The summed E-state index contributed by atoms with van der Waals surface area (Å²) in [6.07, 6.45) is 1.58. The van der Waals surface area contributed by atoms with E-state index < -0.39 is 0 Å². The van der Waals surface area contributed by atoms with Crippen LogP contribution in [0.5, 0.6) is 0 Å². The Labute approximate surface area is 113 Å². The van der Waals surface area contributed by atoms with E-state index in [1.807, 2.05) is 13.0 Å². The van der Waals surface area contributed by atoms with Crippen LogP contribution < -0.4 is 11.1 Å². The number of hydrogen-bond acceptors (Lipinski definition) is 3. The van der Waals surface area contributed by atoms with Gasteiger partial charge >= 0.3 is 0 Å². The summed E-state index contributed by atoms with van der Waals surface area (Å²) in [5.41, 5.74) is 8.31. The minimum Gasteiger partial charge on any atom is -0.399 e. The molecule has 0 saturated heterocycles. The van der Waals surface area contributed by atoms with Crippen molar-refractivity contribution in [1.29, 1.82) is 0 Å². The van der Waals surface area contributed by atoms with Crippen LogP contribution in [0.15, 0.2) is 41.0 Å². The highest BCUT2D eigenvalue weighted by molar-refractivity contribution is 9.10. The van der Waals surface area contributed by atoms with Crippen LogP contribution in [0.4, 0.5) is 11.4 Å². The lowest BCUT2D eigenvalue weighted by Gasteiger charge is -2.08. The number of amides is 1. The fourth-order valence-electron chi connectivity index (χ4n) is 1.47. The van der Waals surface area contributed by atoms with E-state index in [-0.39, 0.29) is 5.91 Å². The number of nitrogen functional groups attached to an aromatic ring is 1. The number of carbonyl (C=O) groups excluding carboxylic acids is 1. The molecule has 0 fully saturated rings. The second-order valence-corrected chi connectivity index (χ2v) is 4.81. The van der Waals surface area contributed by atoms with Crippen molar-refractivity contribution in [2.45, 2.75) is 6.92 Å². The average molecular weight is 306 g/mol. The van der Waals surface area contributed by atoms with Crippen LogP contribution in [-0.4, -0.2) is 10.9 Å². The first-order valence-electron chi connectivity index (χ1n) is 5.35. The van der Waals surface area contributed by atoms with Crippen LogP contribution in [0.2, 0.25) is 0 Å². The number of nitrogens with zero attached hydrogens (tertiary/aromatic N) is 1. The molecule has 5 heteroatoms. The molecule has 0 bridgehead atoms. The van der Waals surface area contributed by atoms with E-state index in [1.54, 1.807) is 30.5 Å². The third kappa shape index (κ3) is 2.87. The molecule has 2 aromatic rings. The van der Waals surface area contributed by atoms with Crippen molar-refractivity contribution in [3.8, 4) is 0 Å². The minimum atomic E-state index is -0.254. The molecule has 3 N–H and O–H groups in total. The number of nitrogens with one attached hydrogen (secondary N) is 1. The van der Waals surface area contributed by atoms with Crippen molar-refractivity contribution in [2.24, 2.45) is 0 Å². The Balaban J connectivity index is 2.21. The first kappa shape index (κ1) is 12.6. The zero-order valence-electron chi connectivity index (χ0n) is 9.77. The second-order valence-electron chi connectivity index (χ2n) is 3.89. The summed E-state index contributed by atoms with van der Waals surface area (Å²) in [5, 5.41) is 2.79. The fraction of sp³-hybridized carbons (Fsp3) is 0.0769. The van der Waals surface area contributed by atoms with Crippen LogP contribution in [0, 0.1) is 6.92 Å². The summed E-state index contributed by atoms with van der Waals surface area (Å²) in [5.74, 6) is -0.254. The Hall–Kier alpha value is -1.88. The zero-order chi connectivity index (χ0) is 13.1. The normalized spacial score (nSPS) is 10.1. The van der Waals surface area contributed by atoms with Crippen LogP contribution in [-0.2, 0) is 0 Å². The molecule has 2 rings (SSSR count). The maximum atomic E-state index is 12.0. The first-order valence-corrected chi connectivity index (χ1v) is 6.14. The molecule has 0 aliphatic carbocycles. The molecular formula is C13H12BrN3O. The maximum Gasteiger partial charge on any atom is 0.274 e. The molecule has 1 heterocycles. The van der Waals surface area contributed by atoms with Crippen molar-refractivity contribution in [1.82, 2.24) is 4.98 Å². The molecule has 0 radical (unpaired) electrons. The van der Waals surface area contributed by atoms with Gasteiger partial charge in [-0.25, -0.2) is 4.98 Å². The van der Waals surface area contributed by atoms with Gasteiger partial charge < -0.3 is 11.1 Å². The van der Waals surface area contributed by atoms with Gasteiger partial charge in [-0.3, -0.25) is 4.79 Å². The molecule has 92 valence electrons. The molecule has 4 nitrogen and oxygen atoms in total. The number of anilines is 2. The van der Waals surface area contributed by atoms with Gasteiger partial charge in [0.1, 0.15) is 5.69 Å². The summed E-state index contributed by atoms with van der Waals surface area (Å²) in [7, 11) is 0. The number of aromatic nitrogens is 1. The van der Waals surface area contributed by atoms with E-state index in [0.29, 0.717) is 17.1 Å². The predicted molar refractivity (Wildman–Crippen MR) is 75.5 cm³/mol. The Bertz CT molecular complexity index is 581. The number of pyridine rings is 1. The SMILES string of the molecule is Cc1ccc(N)cc1NC(=O)c1ccc(Br)cn1. The van der Waals surface area contributed by atoms with E-state index in [1.165, 1.54) is 0 Å². The number of rotatable bonds is 2. The molecule has 0 atom stereocenters. The predicted octanol–water partition coefficient (Wildman–Crippen LogP) is 2.99. The van der Waals surface area contributed by atoms with Gasteiger partial charge in [0.2, 0.25) is 0 Å². The van der Waals surface area contributed by atoms with Crippen LogP contribution in [0.25, 0.3) is 0 Å². The Morgan fingerprint density at radius 3 is 2.78 bits per heavy atom. The Kier molecular flexibility index (Phi) is 3.62. The van der Waals surface area contributed by atoms with Gasteiger partial charge in [0.05, 0.1) is 0 Å². The zero-order valence-corrected chi connectivity index (χ0v) is 11.4. The summed E-state index contributed by atoms with van der Waals surface area (Å²) in [6, 6.07) is 8.81. The molecule has 1 aromatic carbocycles. The Morgan fingerprint density at radius 2 is 2.11 bits per heavy atom. The van der Waals surface area contributed by atoms with Gasteiger partial charge in [-0.1, -0.05) is 6.07 Å². The highest BCUT2D eigenvalue weighted by atomic mass is 79.9. The lowest BCUT2D eigenvalue weighted by Crippen LogP contribution is -2.14. The van der Waals surface area contributed by atoms with Crippen LogP contribution in [0.3, 0.4) is 0 Å². The topological polar surface area (TPSA) is 68.0 Å². The van der Waals surface area contributed by atoms with Crippen molar-refractivity contribution < 1.29 is 4.79 Å². The monoisotopic (exact) mass is 305 g/mol. The van der Waals surface area contributed by atoms with E-state index in [2.05, 4.69) is 26.2 Å². The third-order valence-corrected chi connectivity index (χ3v) is 2.94. The molecule has 0 aliphatic rings. The first-order chi connectivity index (χ1) is 8.56. The van der Waals surface area contributed by atoms with Gasteiger partial charge in [0.25, 0.3) is 5.91 Å². The van der Waals surface area contributed by atoms with E-state index in [0.717, 1.165) is 10.0 Å². The van der Waals surface area contributed by atoms with Crippen LogP contribution >= 0.6 is 15.9 Å². The number of benzene rings is 1. The fourth-order valence-corrected chi connectivity index (χ4v) is 1.71. The number of aryl methyl sites for hydroxylation is 1. The van der Waals surface area contributed by atoms with Crippen molar-refractivity contribution in [2.75, 3.05) is 11.1 Å². The lowest BCUT2D eigenvalue weighted by atomic mass is 10.2. The molecule has 0 spiro atoms. The number of carbonyl (C=O) groups is 1. The molecular weight excluding hydrogens is 294 g/mol. The standard InChI is InChI=1S/C13H12BrN3O/c1-8-2-4-10(15)6-12(8)17-13(18)11-5-3-9(14)7-16-11/h2-7H,15H2,1H3,(H,17,18). The quantitative estimate of drug-likeness (QED) is 0.838. The number of hydrogen-bond donors (Lipinski definition) is 2. The number of halogens is 1. The van der Waals surface area contributed by atoms with Gasteiger partial charge in [-0.15, -0.1) is 0 Å². The summed E-state index contributed by atoms with van der Waals surface area (Å²) in [4.78, 5) is 16.0. The third-order valence-electron chi connectivity index (χ3n) is 2.47. The second kappa shape index (κ2) is 5.18. The van der Waals surface area contributed by atoms with Gasteiger partial charge in [-0.2, -0.15) is 0 Å². The highest BCUT2D eigenvalue weighted by Crippen LogP contribution is 2.19. The maximum absolute atomic E-state index is 12.0. The molecule has 18 heavy (non-hydrogen) atoms. The smallest absolute Gasteiger partial charge is 0.274 e. The molecule has 1 aromatic heterocycles.